The summed E-state index contributed by atoms with van der Waals surface area (Å²) in [6.07, 6.45) is 0. The lowest BCUT2D eigenvalue weighted by Crippen LogP contribution is -2.27. The molecule has 0 aliphatic heterocycles. The molecule has 1 aromatic carbocycles. The fourth-order valence-electron chi connectivity index (χ4n) is 1.64. The highest BCUT2D eigenvalue weighted by molar-refractivity contribution is 6.35. The number of hydrogen-bond donors (Lipinski definition) is 2. The maximum Gasteiger partial charge on any atom is 0.291 e. The summed E-state index contributed by atoms with van der Waals surface area (Å²) in [5.74, 6) is 0.333. The van der Waals surface area contributed by atoms with E-state index in [9.17, 15) is 4.79 Å². The van der Waals surface area contributed by atoms with E-state index in [2.05, 4.69) is 20.5 Å². The lowest BCUT2D eigenvalue weighted by atomic mass is 10.1. The zero-order valence-electron chi connectivity index (χ0n) is 10.4. The quantitative estimate of drug-likeness (QED) is 0.915. The van der Waals surface area contributed by atoms with Crippen LogP contribution in [-0.2, 0) is 0 Å². The van der Waals surface area contributed by atoms with Gasteiger partial charge < -0.3 is 5.32 Å². The first kappa shape index (κ1) is 13.8. The van der Waals surface area contributed by atoms with Crippen molar-refractivity contribution in [3.05, 3.63) is 45.5 Å². The average molecular weight is 299 g/mol. The predicted octanol–water partition coefficient (Wildman–Crippen LogP) is 2.91. The molecule has 1 heterocycles. The van der Waals surface area contributed by atoms with Crippen LogP contribution in [0.4, 0.5) is 0 Å². The molecule has 1 amide bonds. The molecule has 5 nitrogen and oxygen atoms in total. The zero-order chi connectivity index (χ0) is 14.0. The number of aromatic amines is 1. The average Bonchev–Trinajstić information content (AvgIpc) is 2.75. The van der Waals surface area contributed by atoms with Crippen LogP contribution < -0.4 is 5.32 Å². The Labute approximate surface area is 120 Å². The van der Waals surface area contributed by atoms with Crippen molar-refractivity contribution in [3.8, 4) is 0 Å². The molecule has 0 fully saturated rings. The van der Waals surface area contributed by atoms with Gasteiger partial charge in [0.1, 0.15) is 5.82 Å². The standard InChI is InChI=1S/C12H12Cl2N4O/c1-6(9-4-3-8(13)5-10(9)14)15-12(19)11-16-7(2)17-18-11/h3-6H,1-2H3,(H,15,19)(H,16,17,18). The minimum atomic E-state index is -0.358. The third-order valence-electron chi connectivity index (χ3n) is 2.58. The molecule has 0 bridgehead atoms. The second-order valence-corrected chi connectivity index (χ2v) is 4.95. The van der Waals surface area contributed by atoms with E-state index in [1.165, 1.54) is 0 Å². The smallest absolute Gasteiger partial charge is 0.291 e. The highest BCUT2D eigenvalue weighted by Crippen LogP contribution is 2.26. The first-order valence-corrected chi connectivity index (χ1v) is 6.38. The van der Waals surface area contributed by atoms with Gasteiger partial charge in [-0.2, -0.15) is 0 Å². The van der Waals surface area contributed by atoms with Gasteiger partial charge in [0.25, 0.3) is 5.91 Å². The fraction of sp³-hybridized carbons (Fsp3) is 0.250. The molecule has 2 aromatic rings. The van der Waals surface area contributed by atoms with E-state index in [1.807, 2.05) is 6.92 Å². The van der Waals surface area contributed by atoms with Crippen molar-refractivity contribution in [2.24, 2.45) is 0 Å². The Balaban J connectivity index is 2.12. The van der Waals surface area contributed by atoms with E-state index < -0.39 is 0 Å². The Morgan fingerprint density at radius 3 is 2.74 bits per heavy atom. The zero-order valence-corrected chi connectivity index (χ0v) is 11.9. The summed E-state index contributed by atoms with van der Waals surface area (Å²) in [7, 11) is 0. The van der Waals surface area contributed by atoms with Crippen LogP contribution in [0.5, 0.6) is 0 Å². The van der Waals surface area contributed by atoms with Gasteiger partial charge in [-0.05, 0) is 31.5 Å². The van der Waals surface area contributed by atoms with Crippen molar-refractivity contribution in [2.75, 3.05) is 0 Å². The number of nitrogens with one attached hydrogen (secondary N) is 2. The van der Waals surface area contributed by atoms with Gasteiger partial charge in [-0.1, -0.05) is 29.3 Å². The van der Waals surface area contributed by atoms with Gasteiger partial charge in [0.2, 0.25) is 5.82 Å². The summed E-state index contributed by atoms with van der Waals surface area (Å²) in [4.78, 5) is 15.9. The van der Waals surface area contributed by atoms with E-state index in [-0.39, 0.29) is 17.8 Å². The molecule has 0 aliphatic rings. The second-order valence-electron chi connectivity index (χ2n) is 4.11. The minimum Gasteiger partial charge on any atom is -0.343 e. The van der Waals surface area contributed by atoms with E-state index in [4.69, 9.17) is 23.2 Å². The number of H-pyrrole nitrogens is 1. The van der Waals surface area contributed by atoms with Crippen molar-refractivity contribution >= 4 is 29.1 Å². The van der Waals surface area contributed by atoms with E-state index >= 15 is 0 Å². The Bertz CT molecular complexity index is 612. The number of carbonyl (C=O) groups excluding carboxylic acids is 1. The lowest BCUT2D eigenvalue weighted by molar-refractivity contribution is 0.0930. The van der Waals surface area contributed by atoms with Crippen LogP contribution >= 0.6 is 23.2 Å². The van der Waals surface area contributed by atoms with Crippen LogP contribution in [0.1, 0.15) is 35.0 Å². The molecule has 0 spiro atoms. The molecule has 0 saturated heterocycles. The Morgan fingerprint density at radius 2 is 2.16 bits per heavy atom. The van der Waals surface area contributed by atoms with E-state index in [0.717, 1.165) is 5.56 Å². The number of benzene rings is 1. The first-order valence-electron chi connectivity index (χ1n) is 5.62. The molecular formula is C12H12Cl2N4O. The van der Waals surface area contributed by atoms with Crippen molar-refractivity contribution in [1.29, 1.82) is 0 Å². The van der Waals surface area contributed by atoms with Gasteiger partial charge in [-0.3, -0.25) is 9.89 Å². The second kappa shape index (κ2) is 5.59. The van der Waals surface area contributed by atoms with Gasteiger partial charge in [-0.15, -0.1) is 5.10 Å². The van der Waals surface area contributed by atoms with Crippen LogP contribution in [0, 0.1) is 6.92 Å². The van der Waals surface area contributed by atoms with Crippen molar-refractivity contribution in [3.63, 3.8) is 0 Å². The van der Waals surface area contributed by atoms with Gasteiger partial charge >= 0.3 is 0 Å². The monoisotopic (exact) mass is 298 g/mol. The first-order chi connectivity index (χ1) is 8.97. The van der Waals surface area contributed by atoms with E-state index in [1.54, 1.807) is 25.1 Å². The van der Waals surface area contributed by atoms with Crippen molar-refractivity contribution < 1.29 is 4.79 Å². The number of carbonyl (C=O) groups is 1. The molecule has 0 radical (unpaired) electrons. The van der Waals surface area contributed by atoms with Crippen LogP contribution in [0.15, 0.2) is 18.2 Å². The SMILES string of the molecule is Cc1nc(C(=O)NC(C)c2ccc(Cl)cc2Cl)n[nH]1. The molecule has 7 heteroatoms. The maximum absolute atomic E-state index is 11.9. The molecule has 100 valence electrons. The molecule has 2 N–H and O–H groups in total. The van der Waals surface area contributed by atoms with Gasteiger partial charge in [0.05, 0.1) is 6.04 Å². The number of nitrogens with zero attached hydrogens (tertiary/aromatic N) is 2. The summed E-state index contributed by atoms with van der Waals surface area (Å²) in [5.41, 5.74) is 0.784. The predicted molar refractivity (Wildman–Crippen MR) is 73.5 cm³/mol. The molecule has 0 saturated carbocycles. The van der Waals surface area contributed by atoms with Crippen molar-refractivity contribution in [1.82, 2.24) is 20.5 Å². The summed E-state index contributed by atoms with van der Waals surface area (Å²) < 4.78 is 0. The largest absolute Gasteiger partial charge is 0.343 e. The summed E-state index contributed by atoms with van der Waals surface area (Å²) >= 11 is 11.9. The Hall–Kier alpha value is -1.59. The molecule has 1 aromatic heterocycles. The minimum absolute atomic E-state index is 0.106. The van der Waals surface area contributed by atoms with Crippen LogP contribution in [0.3, 0.4) is 0 Å². The summed E-state index contributed by atoms with van der Waals surface area (Å²) in [6, 6.07) is 4.87. The van der Waals surface area contributed by atoms with Gasteiger partial charge in [0.15, 0.2) is 0 Å². The number of amides is 1. The van der Waals surface area contributed by atoms with Gasteiger partial charge in [-0.25, -0.2) is 4.98 Å². The third-order valence-corrected chi connectivity index (χ3v) is 3.14. The number of aromatic nitrogens is 3. The normalized spacial score (nSPS) is 12.2. The van der Waals surface area contributed by atoms with Crippen LogP contribution in [0.25, 0.3) is 0 Å². The molecular weight excluding hydrogens is 287 g/mol. The van der Waals surface area contributed by atoms with Gasteiger partial charge in [0, 0.05) is 10.0 Å². The lowest BCUT2D eigenvalue weighted by Gasteiger charge is -2.14. The Kier molecular flexibility index (Phi) is 4.07. The fourth-order valence-corrected chi connectivity index (χ4v) is 2.21. The molecule has 1 atom stereocenters. The number of aryl methyl sites for hydroxylation is 1. The van der Waals surface area contributed by atoms with Crippen LogP contribution in [-0.4, -0.2) is 21.1 Å². The Morgan fingerprint density at radius 1 is 1.42 bits per heavy atom. The van der Waals surface area contributed by atoms with E-state index in [0.29, 0.717) is 15.9 Å². The number of rotatable bonds is 3. The highest BCUT2D eigenvalue weighted by Gasteiger charge is 2.16. The number of halogens is 2. The topological polar surface area (TPSA) is 70.7 Å². The molecule has 0 aliphatic carbocycles. The molecule has 2 rings (SSSR count). The molecule has 1 unspecified atom stereocenters. The van der Waals surface area contributed by atoms with Crippen LogP contribution in [0.2, 0.25) is 10.0 Å². The molecule has 19 heavy (non-hydrogen) atoms. The summed E-state index contributed by atoms with van der Waals surface area (Å²) in [5, 5.41) is 10.2. The summed E-state index contributed by atoms with van der Waals surface area (Å²) in [6.45, 7) is 3.55. The number of hydrogen-bond acceptors (Lipinski definition) is 3. The van der Waals surface area contributed by atoms with Crippen molar-refractivity contribution in [2.45, 2.75) is 19.9 Å². The maximum atomic E-state index is 11.9. The third kappa shape index (κ3) is 3.24. The highest BCUT2D eigenvalue weighted by atomic mass is 35.5.